The van der Waals surface area contributed by atoms with E-state index in [1.54, 1.807) is 30.3 Å². The van der Waals surface area contributed by atoms with Crippen LogP contribution in [0.2, 0.25) is 5.02 Å². The van der Waals surface area contributed by atoms with Gasteiger partial charge in [-0.25, -0.2) is 9.59 Å². The summed E-state index contributed by atoms with van der Waals surface area (Å²) in [5, 5.41) is 13.9. The number of likely N-dealkylation sites (tertiary alicyclic amines) is 1. The molecule has 1 aliphatic heterocycles. The first-order chi connectivity index (χ1) is 14.0. The van der Waals surface area contributed by atoms with Crippen LogP contribution in [0.25, 0.3) is 11.0 Å². The van der Waals surface area contributed by atoms with Crippen molar-refractivity contribution in [3.63, 3.8) is 0 Å². The predicted octanol–water partition coefficient (Wildman–Crippen LogP) is 4.22. The van der Waals surface area contributed by atoms with Crippen molar-refractivity contribution in [1.82, 2.24) is 4.90 Å². The molecule has 6 nitrogen and oxygen atoms in total. The van der Waals surface area contributed by atoms with Gasteiger partial charge in [-0.05, 0) is 48.7 Å². The van der Waals surface area contributed by atoms with E-state index in [-0.39, 0.29) is 11.7 Å². The van der Waals surface area contributed by atoms with Crippen molar-refractivity contribution in [2.45, 2.75) is 25.4 Å². The number of carboxylic acids is 1. The van der Waals surface area contributed by atoms with Gasteiger partial charge in [-0.1, -0.05) is 23.7 Å². The molecule has 0 saturated carbocycles. The highest BCUT2D eigenvalue weighted by molar-refractivity contribution is 6.31. The number of fused-ring (bicyclic) bond motifs is 1. The predicted molar refractivity (Wildman–Crippen MR) is 113 cm³/mol. The molecule has 2 N–H and O–H groups in total. The third-order valence-electron chi connectivity index (χ3n) is 5.26. The SMILES string of the molecule is O=C(O)c1ccc(CN2CCC(Nc3cc(=O)oc4ccc(Cl)cc34)CC2)cc1. The lowest BCUT2D eigenvalue weighted by Gasteiger charge is -2.33. The quantitative estimate of drug-likeness (QED) is 0.610. The third-order valence-corrected chi connectivity index (χ3v) is 5.49. The molecule has 0 spiro atoms. The van der Waals surface area contributed by atoms with E-state index in [0.29, 0.717) is 16.2 Å². The Morgan fingerprint density at radius 3 is 2.55 bits per heavy atom. The molecule has 29 heavy (non-hydrogen) atoms. The molecular weight excluding hydrogens is 392 g/mol. The Bertz CT molecular complexity index is 1090. The van der Waals surface area contributed by atoms with Crippen LogP contribution in [0.15, 0.2) is 57.7 Å². The maximum Gasteiger partial charge on any atom is 0.338 e. The number of nitrogens with zero attached hydrogens (tertiary/aromatic N) is 1. The summed E-state index contributed by atoms with van der Waals surface area (Å²) >= 11 is 6.11. The standard InChI is InChI=1S/C22H21ClN2O4/c23-16-5-6-20-18(11-16)19(12-21(26)29-20)24-17-7-9-25(10-8-17)13-14-1-3-15(4-2-14)22(27)28/h1-6,11-12,17,24H,7-10,13H2,(H,27,28). The highest BCUT2D eigenvalue weighted by atomic mass is 35.5. The van der Waals surface area contributed by atoms with Gasteiger partial charge in [0.15, 0.2) is 0 Å². The minimum absolute atomic E-state index is 0.254. The smallest absolute Gasteiger partial charge is 0.338 e. The molecule has 0 aliphatic carbocycles. The van der Waals surface area contributed by atoms with Gasteiger partial charge in [0.05, 0.1) is 11.3 Å². The van der Waals surface area contributed by atoms with E-state index in [0.717, 1.165) is 49.1 Å². The number of hydrogen-bond acceptors (Lipinski definition) is 5. The maximum atomic E-state index is 11.9. The van der Waals surface area contributed by atoms with Crippen LogP contribution in [0.1, 0.15) is 28.8 Å². The van der Waals surface area contributed by atoms with Gasteiger partial charge in [-0.2, -0.15) is 0 Å². The average Bonchev–Trinajstić information content (AvgIpc) is 2.70. The van der Waals surface area contributed by atoms with Gasteiger partial charge >= 0.3 is 11.6 Å². The molecule has 0 unspecified atom stereocenters. The van der Waals surface area contributed by atoms with Crippen LogP contribution < -0.4 is 10.9 Å². The van der Waals surface area contributed by atoms with Crippen LogP contribution in [0.5, 0.6) is 0 Å². The Hall–Kier alpha value is -2.83. The second-order valence-corrected chi connectivity index (χ2v) is 7.75. The molecule has 1 aliphatic rings. The van der Waals surface area contributed by atoms with Crippen molar-refractivity contribution in [3.05, 3.63) is 75.1 Å². The van der Waals surface area contributed by atoms with Crippen molar-refractivity contribution in [3.8, 4) is 0 Å². The lowest BCUT2D eigenvalue weighted by Crippen LogP contribution is -2.38. The van der Waals surface area contributed by atoms with Crippen molar-refractivity contribution in [1.29, 1.82) is 0 Å². The second-order valence-electron chi connectivity index (χ2n) is 7.32. The lowest BCUT2D eigenvalue weighted by molar-refractivity contribution is 0.0697. The highest BCUT2D eigenvalue weighted by Crippen LogP contribution is 2.27. The third kappa shape index (κ3) is 4.60. The fraction of sp³-hybridized carbons (Fsp3) is 0.273. The number of hydrogen-bond donors (Lipinski definition) is 2. The molecule has 0 bridgehead atoms. The lowest BCUT2D eigenvalue weighted by atomic mass is 10.0. The van der Waals surface area contributed by atoms with Crippen LogP contribution in [-0.2, 0) is 6.54 Å². The summed E-state index contributed by atoms with van der Waals surface area (Å²) in [4.78, 5) is 25.2. The Kier molecular flexibility index (Phi) is 5.56. The molecule has 7 heteroatoms. The molecule has 1 fully saturated rings. The number of carboxylic acid groups (broad SMARTS) is 1. The molecule has 2 aromatic carbocycles. The normalized spacial score (nSPS) is 15.5. The zero-order valence-electron chi connectivity index (χ0n) is 15.7. The molecule has 0 radical (unpaired) electrons. The molecule has 0 amide bonds. The van der Waals surface area contributed by atoms with E-state index < -0.39 is 5.97 Å². The first-order valence-electron chi connectivity index (χ1n) is 9.52. The number of anilines is 1. The van der Waals surface area contributed by atoms with Gasteiger partial charge in [0, 0.05) is 42.2 Å². The summed E-state index contributed by atoms with van der Waals surface area (Å²) in [6, 6.07) is 14.0. The molecule has 1 aromatic heterocycles. The van der Waals surface area contributed by atoms with E-state index in [9.17, 15) is 9.59 Å². The summed E-state index contributed by atoms with van der Waals surface area (Å²) in [6.45, 7) is 2.62. The monoisotopic (exact) mass is 412 g/mol. The van der Waals surface area contributed by atoms with Crippen LogP contribution in [-0.4, -0.2) is 35.1 Å². The minimum atomic E-state index is -0.910. The summed E-state index contributed by atoms with van der Waals surface area (Å²) in [6.07, 6.45) is 1.88. The van der Waals surface area contributed by atoms with E-state index in [1.807, 2.05) is 12.1 Å². The zero-order chi connectivity index (χ0) is 20.4. The number of aromatic carboxylic acids is 1. The zero-order valence-corrected chi connectivity index (χ0v) is 16.5. The fourth-order valence-corrected chi connectivity index (χ4v) is 3.89. The van der Waals surface area contributed by atoms with Crippen molar-refractivity contribution in [2.24, 2.45) is 0 Å². The number of rotatable bonds is 5. The van der Waals surface area contributed by atoms with Crippen molar-refractivity contribution >= 4 is 34.2 Å². The van der Waals surface area contributed by atoms with E-state index >= 15 is 0 Å². The van der Waals surface area contributed by atoms with Gasteiger partial charge in [-0.15, -0.1) is 0 Å². The second kappa shape index (κ2) is 8.27. The van der Waals surface area contributed by atoms with Gasteiger partial charge in [0.1, 0.15) is 5.58 Å². The summed E-state index contributed by atoms with van der Waals surface area (Å²) in [7, 11) is 0. The Labute approximate surface area is 172 Å². The molecule has 0 atom stereocenters. The number of nitrogens with one attached hydrogen (secondary N) is 1. The fourth-order valence-electron chi connectivity index (χ4n) is 3.72. The summed E-state index contributed by atoms with van der Waals surface area (Å²) in [5.41, 5.74) is 2.29. The summed E-state index contributed by atoms with van der Waals surface area (Å²) < 4.78 is 5.25. The van der Waals surface area contributed by atoms with Crippen molar-refractivity contribution in [2.75, 3.05) is 18.4 Å². The van der Waals surface area contributed by atoms with E-state index in [1.165, 1.54) is 6.07 Å². The van der Waals surface area contributed by atoms with Crippen LogP contribution in [0, 0.1) is 0 Å². The molecule has 2 heterocycles. The van der Waals surface area contributed by atoms with Crippen LogP contribution in [0.4, 0.5) is 5.69 Å². The molecule has 1 saturated heterocycles. The Morgan fingerprint density at radius 2 is 1.86 bits per heavy atom. The molecular formula is C22H21ClN2O4. The highest BCUT2D eigenvalue weighted by Gasteiger charge is 2.20. The van der Waals surface area contributed by atoms with E-state index in [2.05, 4.69) is 10.2 Å². The van der Waals surface area contributed by atoms with Gasteiger partial charge in [-0.3, -0.25) is 4.90 Å². The van der Waals surface area contributed by atoms with Crippen LogP contribution >= 0.6 is 11.6 Å². The first-order valence-corrected chi connectivity index (χ1v) is 9.90. The maximum absolute atomic E-state index is 11.9. The Morgan fingerprint density at radius 1 is 1.14 bits per heavy atom. The number of halogens is 1. The largest absolute Gasteiger partial charge is 0.478 e. The summed E-state index contributed by atoms with van der Waals surface area (Å²) in [5.74, 6) is -0.910. The van der Waals surface area contributed by atoms with Gasteiger partial charge in [0.25, 0.3) is 0 Å². The van der Waals surface area contributed by atoms with E-state index in [4.69, 9.17) is 21.1 Å². The Balaban J connectivity index is 1.39. The molecule has 4 rings (SSSR count). The minimum Gasteiger partial charge on any atom is -0.478 e. The number of piperidine rings is 1. The van der Waals surface area contributed by atoms with Crippen LogP contribution in [0.3, 0.4) is 0 Å². The molecule has 150 valence electrons. The van der Waals surface area contributed by atoms with Crippen molar-refractivity contribution < 1.29 is 14.3 Å². The average molecular weight is 413 g/mol. The van der Waals surface area contributed by atoms with Gasteiger partial charge < -0.3 is 14.8 Å². The topological polar surface area (TPSA) is 82.8 Å². The van der Waals surface area contributed by atoms with Gasteiger partial charge in [0.2, 0.25) is 0 Å². The first kappa shape index (κ1) is 19.5. The number of benzene rings is 2. The number of carbonyl (C=O) groups is 1. The molecule has 3 aromatic rings.